The van der Waals surface area contributed by atoms with E-state index in [0.29, 0.717) is 17.9 Å². The van der Waals surface area contributed by atoms with Crippen molar-refractivity contribution >= 4 is 11.8 Å². The van der Waals surface area contributed by atoms with Gasteiger partial charge >= 0.3 is 0 Å². The minimum atomic E-state index is -0.191. The molecule has 0 atom stereocenters. The molecule has 0 bridgehead atoms. The zero-order chi connectivity index (χ0) is 18.8. The standard InChI is InChI=1S/C19H32N6O2/c20-19-21-17(14-11-16(27)12-14)13-18(22-19)25-3-1-15(2-4-25)24-7-5-23(6-8-24)9-10-26/h13-16,26-27H,1-12H2,(H2,20,21,22). The van der Waals surface area contributed by atoms with E-state index in [4.69, 9.17) is 10.8 Å². The van der Waals surface area contributed by atoms with E-state index in [9.17, 15) is 5.11 Å². The Labute approximate surface area is 161 Å². The van der Waals surface area contributed by atoms with Crippen LogP contribution in [0.3, 0.4) is 0 Å². The first-order valence-electron chi connectivity index (χ1n) is 10.3. The highest BCUT2D eigenvalue weighted by molar-refractivity contribution is 5.45. The lowest BCUT2D eigenvalue weighted by Gasteiger charge is -2.43. The van der Waals surface area contributed by atoms with Gasteiger partial charge in [0.25, 0.3) is 0 Å². The Balaban J connectivity index is 1.32. The molecule has 8 nitrogen and oxygen atoms in total. The molecular weight excluding hydrogens is 344 g/mol. The highest BCUT2D eigenvalue weighted by Gasteiger charge is 2.32. The first kappa shape index (κ1) is 18.9. The number of nitrogens with zero attached hydrogens (tertiary/aromatic N) is 5. The number of β-amino-alcohol motifs (C(OH)–C–C–N with tert-alkyl or cyclic N) is 1. The Morgan fingerprint density at radius 3 is 2.37 bits per heavy atom. The zero-order valence-electron chi connectivity index (χ0n) is 16.0. The third kappa shape index (κ3) is 4.34. The Kier molecular flexibility index (Phi) is 5.77. The van der Waals surface area contributed by atoms with Crippen molar-refractivity contribution in [2.24, 2.45) is 0 Å². The maximum absolute atomic E-state index is 9.56. The number of piperidine rings is 1. The fourth-order valence-electron chi connectivity index (χ4n) is 4.63. The summed E-state index contributed by atoms with van der Waals surface area (Å²) < 4.78 is 0. The van der Waals surface area contributed by atoms with E-state index >= 15 is 0 Å². The average molecular weight is 377 g/mol. The first-order chi connectivity index (χ1) is 13.1. The predicted molar refractivity (Wildman–Crippen MR) is 105 cm³/mol. The van der Waals surface area contributed by atoms with Gasteiger partial charge in [-0.1, -0.05) is 0 Å². The summed E-state index contributed by atoms with van der Waals surface area (Å²) in [7, 11) is 0. The predicted octanol–water partition coefficient (Wildman–Crippen LogP) is -0.124. The van der Waals surface area contributed by atoms with Crippen molar-refractivity contribution in [3.05, 3.63) is 11.8 Å². The fourth-order valence-corrected chi connectivity index (χ4v) is 4.63. The Morgan fingerprint density at radius 2 is 1.74 bits per heavy atom. The largest absolute Gasteiger partial charge is 0.395 e. The highest BCUT2D eigenvalue weighted by atomic mass is 16.3. The van der Waals surface area contributed by atoms with Gasteiger partial charge < -0.3 is 20.8 Å². The van der Waals surface area contributed by atoms with E-state index in [1.165, 1.54) is 0 Å². The van der Waals surface area contributed by atoms with Crippen LogP contribution in [-0.2, 0) is 0 Å². The van der Waals surface area contributed by atoms with E-state index in [-0.39, 0.29) is 12.7 Å². The molecule has 3 aliphatic rings. The van der Waals surface area contributed by atoms with Crippen LogP contribution in [-0.4, -0.2) is 94.5 Å². The van der Waals surface area contributed by atoms with E-state index < -0.39 is 0 Å². The van der Waals surface area contributed by atoms with E-state index in [1.807, 2.05) is 0 Å². The lowest BCUT2D eigenvalue weighted by Crippen LogP contribution is -2.53. The van der Waals surface area contributed by atoms with Gasteiger partial charge in [0.05, 0.1) is 18.4 Å². The SMILES string of the molecule is Nc1nc(C2CC(O)C2)cc(N2CCC(N3CCN(CCO)CC3)CC2)n1. The molecule has 1 aromatic heterocycles. The molecule has 2 aliphatic heterocycles. The zero-order valence-corrected chi connectivity index (χ0v) is 16.0. The summed E-state index contributed by atoms with van der Waals surface area (Å²) in [6, 6.07) is 2.71. The molecule has 1 aromatic rings. The van der Waals surface area contributed by atoms with Gasteiger partial charge in [-0.15, -0.1) is 0 Å². The molecular formula is C19H32N6O2. The van der Waals surface area contributed by atoms with Crippen molar-refractivity contribution in [2.75, 3.05) is 63.1 Å². The normalized spacial score (nSPS) is 28.3. The summed E-state index contributed by atoms with van der Waals surface area (Å²) in [6.45, 7) is 7.33. The van der Waals surface area contributed by atoms with E-state index in [1.54, 1.807) is 0 Å². The summed E-state index contributed by atoms with van der Waals surface area (Å²) in [5.74, 6) is 1.59. The Morgan fingerprint density at radius 1 is 1.04 bits per heavy atom. The molecule has 3 fully saturated rings. The quantitative estimate of drug-likeness (QED) is 0.654. The number of hydrogen-bond acceptors (Lipinski definition) is 8. The number of nitrogen functional groups attached to an aromatic ring is 1. The number of aliphatic hydroxyl groups excluding tert-OH is 2. The van der Waals surface area contributed by atoms with Gasteiger partial charge in [-0.25, -0.2) is 4.98 Å². The summed E-state index contributed by atoms with van der Waals surface area (Å²) in [5, 5.41) is 18.6. The van der Waals surface area contributed by atoms with Crippen LogP contribution in [0.15, 0.2) is 6.07 Å². The number of rotatable bonds is 5. The van der Waals surface area contributed by atoms with Crippen molar-refractivity contribution in [1.29, 1.82) is 0 Å². The molecule has 0 spiro atoms. The maximum atomic E-state index is 9.56. The van der Waals surface area contributed by atoms with Crippen molar-refractivity contribution in [3.63, 3.8) is 0 Å². The summed E-state index contributed by atoms with van der Waals surface area (Å²) in [6.07, 6.45) is 3.65. The summed E-state index contributed by atoms with van der Waals surface area (Å²) in [4.78, 5) is 16.1. The maximum Gasteiger partial charge on any atom is 0.222 e. The van der Waals surface area contributed by atoms with Gasteiger partial charge in [0.1, 0.15) is 5.82 Å². The molecule has 0 amide bonds. The second kappa shape index (κ2) is 8.26. The number of piperazine rings is 1. The van der Waals surface area contributed by atoms with Crippen LogP contribution >= 0.6 is 0 Å². The molecule has 27 heavy (non-hydrogen) atoms. The second-order valence-corrected chi connectivity index (χ2v) is 8.15. The molecule has 1 aliphatic carbocycles. The molecule has 2 saturated heterocycles. The molecule has 0 unspecified atom stereocenters. The second-order valence-electron chi connectivity index (χ2n) is 8.15. The lowest BCUT2D eigenvalue weighted by molar-refractivity contribution is 0.0730. The summed E-state index contributed by atoms with van der Waals surface area (Å²) in [5.41, 5.74) is 6.93. The average Bonchev–Trinajstić information content (AvgIpc) is 2.66. The molecule has 4 N–H and O–H groups in total. The highest BCUT2D eigenvalue weighted by Crippen LogP contribution is 2.37. The van der Waals surface area contributed by atoms with Gasteiger partial charge in [0.15, 0.2) is 0 Å². The van der Waals surface area contributed by atoms with Crippen LogP contribution in [0, 0.1) is 0 Å². The molecule has 1 saturated carbocycles. The van der Waals surface area contributed by atoms with E-state index in [0.717, 1.165) is 83.0 Å². The van der Waals surface area contributed by atoms with Crippen LogP contribution < -0.4 is 10.6 Å². The smallest absolute Gasteiger partial charge is 0.222 e. The van der Waals surface area contributed by atoms with Crippen LogP contribution in [0.4, 0.5) is 11.8 Å². The van der Waals surface area contributed by atoms with Crippen LogP contribution in [0.25, 0.3) is 0 Å². The van der Waals surface area contributed by atoms with Gasteiger partial charge in [-0.2, -0.15) is 4.98 Å². The lowest BCUT2D eigenvalue weighted by atomic mass is 9.80. The number of aromatic nitrogens is 2. The molecule has 8 heteroatoms. The van der Waals surface area contributed by atoms with Gasteiger partial charge in [-0.3, -0.25) is 9.80 Å². The third-order valence-corrected chi connectivity index (χ3v) is 6.41. The van der Waals surface area contributed by atoms with Gasteiger partial charge in [0, 0.05) is 63.8 Å². The molecule has 3 heterocycles. The van der Waals surface area contributed by atoms with Gasteiger partial charge in [0.2, 0.25) is 5.95 Å². The number of nitrogens with two attached hydrogens (primary N) is 1. The van der Waals surface area contributed by atoms with Crippen molar-refractivity contribution in [1.82, 2.24) is 19.8 Å². The van der Waals surface area contributed by atoms with Crippen molar-refractivity contribution in [2.45, 2.75) is 43.7 Å². The molecule has 0 radical (unpaired) electrons. The van der Waals surface area contributed by atoms with Gasteiger partial charge in [-0.05, 0) is 25.7 Å². The van der Waals surface area contributed by atoms with Crippen LogP contribution in [0.1, 0.15) is 37.3 Å². The molecule has 150 valence electrons. The Bertz CT molecular complexity index is 623. The number of anilines is 2. The molecule has 4 rings (SSSR count). The summed E-state index contributed by atoms with van der Waals surface area (Å²) >= 11 is 0. The fraction of sp³-hybridized carbons (Fsp3) is 0.789. The first-order valence-corrected chi connectivity index (χ1v) is 10.3. The van der Waals surface area contributed by atoms with Crippen LogP contribution in [0.2, 0.25) is 0 Å². The molecule has 0 aromatic carbocycles. The minimum absolute atomic E-state index is 0.191. The van der Waals surface area contributed by atoms with Crippen molar-refractivity contribution < 1.29 is 10.2 Å². The van der Waals surface area contributed by atoms with Crippen molar-refractivity contribution in [3.8, 4) is 0 Å². The number of aliphatic hydroxyl groups is 2. The number of hydrogen-bond donors (Lipinski definition) is 3. The topological polar surface area (TPSA) is 102 Å². The monoisotopic (exact) mass is 376 g/mol. The van der Waals surface area contributed by atoms with Crippen LogP contribution in [0.5, 0.6) is 0 Å². The minimum Gasteiger partial charge on any atom is -0.395 e. The Hall–Kier alpha value is -1.48. The third-order valence-electron chi connectivity index (χ3n) is 6.41. The van der Waals surface area contributed by atoms with E-state index in [2.05, 4.69) is 30.7 Å².